The van der Waals surface area contributed by atoms with Gasteiger partial charge in [0.25, 0.3) is 5.95 Å². The second-order valence-electron chi connectivity index (χ2n) is 4.34. The number of hydrogen-bond donors (Lipinski definition) is 4. The monoisotopic (exact) mass is 325 g/mol. The number of hydrogen-bond acceptors (Lipinski definition) is 7. The second kappa shape index (κ2) is 7.61. The standard InChI is InChI=1S/C12H16FN7OS/c13-9-3-1-8(2-4-9)5-6-16-10(21)7-22-12-19-18-11(17-14)20(12)15/h1-4H,5-7,14-15H2,(H,16,21)(H,17,18). The van der Waals surface area contributed by atoms with Crippen LogP contribution in [0.2, 0.25) is 0 Å². The molecule has 0 atom stereocenters. The molecule has 118 valence electrons. The van der Waals surface area contributed by atoms with Gasteiger partial charge >= 0.3 is 0 Å². The van der Waals surface area contributed by atoms with Gasteiger partial charge in [0.15, 0.2) is 0 Å². The van der Waals surface area contributed by atoms with E-state index in [-0.39, 0.29) is 23.4 Å². The van der Waals surface area contributed by atoms with Crippen LogP contribution in [-0.2, 0) is 11.2 Å². The molecule has 1 amide bonds. The third-order valence-electron chi connectivity index (χ3n) is 2.78. The third kappa shape index (κ3) is 4.33. The fourth-order valence-electron chi connectivity index (χ4n) is 1.65. The lowest BCUT2D eigenvalue weighted by Gasteiger charge is -2.05. The Morgan fingerprint density at radius 3 is 2.68 bits per heavy atom. The van der Waals surface area contributed by atoms with Crippen molar-refractivity contribution >= 4 is 23.6 Å². The Morgan fingerprint density at radius 1 is 1.32 bits per heavy atom. The van der Waals surface area contributed by atoms with E-state index in [0.29, 0.717) is 18.1 Å². The number of amides is 1. The van der Waals surface area contributed by atoms with Gasteiger partial charge in [-0.2, -0.15) is 0 Å². The molecule has 0 radical (unpaired) electrons. The van der Waals surface area contributed by atoms with Gasteiger partial charge in [-0.3, -0.25) is 10.2 Å². The maximum Gasteiger partial charge on any atom is 0.258 e. The minimum Gasteiger partial charge on any atom is -0.355 e. The van der Waals surface area contributed by atoms with Crippen LogP contribution in [0, 0.1) is 5.82 Å². The molecule has 0 bridgehead atoms. The van der Waals surface area contributed by atoms with E-state index in [9.17, 15) is 9.18 Å². The molecular formula is C12H16FN7OS. The summed E-state index contributed by atoms with van der Waals surface area (Å²) in [5.74, 6) is 10.8. The summed E-state index contributed by atoms with van der Waals surface area (Å²) in [6.45, 7) is 0.468. The molecule has 1 heterocycles. The summed E-state index contributed by atoms with van der Waals surface area (Å²) in [5, 5.41) is 10.6. The van der Waals surface area contributed by atoms with Crippen LogP contribution in [0.5, 0.6) is 0 Å². The van der Waals surface area contributed by atoms with Crippen molar-refractivity contribution in [3.05, 3.63) is 35.6 Å². The summed E-state index contributed by atoms with van der Waals surface area (Å²) >= 11 is 1.15. The molecule has 0 spiro atoms. The Bertz CT molecular complexity index is 631. The summed E-state index contributed by atoms with van der Waals surface area (Å²) in [4.78, 5) is 11.7. The zero-order chi connectivity index (χ0) is 15.9. The number of carbonyl (C=O) groups excluding carboxylic acids is 1. The van der Waals surface area contributed by atoms with Crippen LogP contribution >= 0.6 is 11.8 Å². The quantitative estimate of drug-likeness (QED) is 0.317. The highest BCUT2D eigenvalue weighted by atomic mass is 32.2. The van der Waals surface area contributed by atoms with Crippen molar-refractivity contribution in [1.29, 1.82) is 0 Å². The van der Waals surface area contributed by atoms with Crippen molar-refractivity contribution < 1.29 is 9.18 Å². The van der Waals surface area contributed by atoms with Gasteiger partial charge in [-0.05, 0) is 24.1 Å². The van der Waals surface area contributed by atoms with Gasteiger partial charge in [0.05, 0.1) is 5.75 Å². The fourth-order valence-corrected chi connectivity index (χ4v) is 2.34. The first-order valence-corrected chi connectivity index (χ1v) is 7.39. The summed E-state index contributed by atoms with van der Waals surface area (Å²) in [7, 11) is 0. The van der Waals surface area contributed by atoms with E-state index in [1.54, 1.807) is 12.1 Å². The number of nitrogens with zero attached hydrogens (tertiary/aromatic N) is 3. The number of hydrazine groups is 1. The average Bonchev–Trinajstić information content (AvgIpc) is 2.87. The number of carbonyl (C=O) groups is 1. The number of nitrogen functional groups attached to an aromatic ring is 2. The molecule has 6 N–H and O–H groups in total. The molecule has 10 heteroatoms. The van der Waals surface area contributed by atoms with Crippen LogP contribution in [0.1, 0.15) is 5.56 Å². The molecule has 8 nitrogen and oxygen atoms in total. The second-order valence-corrected chi connectivity index (χ2v) is 5.28. The largest absolute Gasteiger partial charge is 0.355 e. The van der Waals surface area contributed by atoms with E-state index in [4.69, 9.17) is 11.7 Å². The first kappa shape index (κ1) is 16.0. The van der Waals surface area contributed by atoms with Crippen LogP contribution in [-0.4, -0.2) is 33.1 Å². The smallest absolute Gasteiger partial charge is 0.258 e. The summed E-state index contributed by atoms with van der Waals surface area (Å²) < 4.78 is 13.9. The van der Waals surface area contributed by atoms with Gasteiger partial charge in [-0.15, -0.1) is 10.2 Å². The molecule has 0 aliphatic rings. The van der Waals surface area contributed by atoms with E-state index in [1.807, 2.05) is 0 Å². The molecule has 2 rings (SSSR count). The average molecular weight is 325 g/mol. The van der Waals surface area contributed by atoms with Crippen LogP contribution < -0.4 is 22.4 Å². The molecule has 0 fully saturated rings. The summed E-state index contributed by atoms with van der Waals surface area (Å²) in [5.41, 5.74) is 3.24. The molecule has 0 unspecified atom stereocenters. The van der Waals surface area contributed by atoms with Gasteiger partial charge in [0.2, 0.25) is 11.1 Å². The molecule has 0 aliphatic heterocycles. The Hall–Kier alpha value is -2.33. The Morgan fingerprint density at radius 2 is 2.05 bits per heavy atom. The summed E-state index contributed by atoms with van der Waals surface area (Å²) in [6, 6.07) is 6.16. The van der Waals surface area contributed by atoms with Gasteiger partial charge < -0.3 is 11.2 Å². The molecule has 22 heavy (non-hydrogen) atoms. The number of rotatable bonds is 7. The molecule has 2 aromatic rings. The third-order valence-corrected chi connectivity index (χ3v) is 3.72. The minimum absolute atomic E-state index is 0.155. The minimum atomic E-state index is -0.276. The highest BCUT2D eigenvalue weighted by Crippen LogP contribution is 2.15. The Balaban J connectivity index is 1.71. The number of anilines is 1. The first-order chi connectivity index (χ1) is 10.6. The van der Waals surface area contributed by atoms with E-state index >= 15 is 0 Å². The SMILES string of the molecule is NNc1nnc(SCC(=O)NCCc2ccc(F)cc2)n1N. The van der Waals surface area contributed by atoms with Crippen molar-refractivity contribution in [2.24, 2.45) is 5.84 Å². The van der Waals surface area contributed by atoms with Crippen LogP contribution in [0.15, 0.2) is 29.4 Å². The lowest BCUT2D eigenvalue weighted by atomic mass is 10.1. The first-order valence-electron chi connectivity index (χ1n) is 6.41. The highest BCUT2D eigenvalue weighted by molar-refractivity contribution is 7.99. The zero-order valence-electron chi connectivity index (χ0n) is 11.6. The number of aromatic nitrogens is 3. The van der Waals surface area contributed by atoms with Gasteiger partial charge in [-0.1, -0.05) is 23.9 Å². The van der Waals surface area contributed by atoms with E-state index in [0.717, 1.165) is 22.0 Å². The van der Waals surface area contributed by atoms with Crippen molar-refractivity contribution in [3.63, 3.8) is 0 Å². The van der Waals surface area contributed by atoms with E-state index in [1.165, 1.54) is 12.1 Å². The van der Waals surface area contributed by atoms with E-state index < -0.39 is 0 Å². The van der Waals surface area contributed by atoms with Gasteiger partial charge in [-0.25, -0.2) is 14.9 Å². The summed E-state index contributed by atoms with van der Waals surface area (Å²) in [6.07, 6.45) is 0.630. The van der Waals surface area contributed by atoms with E-state index in [2.05, 4.69) is 20.9 Å². The predicted molar refractivity (Wildman–Crippen MR) is 81.8 cm³/mol. The molecule has 0 saturated heterocycles. The Labute approximate surface area is 130 Å². The normalized spacial score (nSPS) is 10.5. The molecule has 1 aromatic carbocycles. The van der Waals surface area contributed by atoms with Crippen LogP contribution in [0.25, 0.3) is 0 Å². The van der Waals surface area contributed by atoms with Crippen molar-refractivity contribution in [3.8, 4) is 0 Å². The Kier molecular flexibility index (Phi) is 5.55. The number of halogens is 1. The lowest BCUT2D eigenvalue weighted by Crippen LogP contribution is -2.27. The van der Waals surface area contributed by atoms with Gasteiger partial charge in [0, 0.05) is 6.54 Å². The zero-order valence-corrected chi connectivity index (χ0v) is 12.4. The van der Waals surface area contributed by atoms with Gasteiger partial charge in [0.1, 0.15) is 5.82 Å². The highest BCUT2D eigenvalue weighted by Gasteiger charge is 2.11. The van der Waals surface area contributed by atoms with Crippen molar-refractivity contribution in [2.45, 2.75) is 11.6 Å². The maximum absolute atomic E-state index is 12.8. The predicted octanol–water partition coefficient (Wildman–Crippen LogP) is -0.132. The lowest BCUT2D eigenvalue weighted by molar-refractivity contribution is -0.118. The molecular weight excluding hydrogens is 309 g/mol. The van der Waals surface area contributed by atoms with Crippen LogP contribution in [0.4, 0.5) is 10.3 Å². The van der Waals surface area contributed by atoms with Crippen molar-refractivity contribution in [1.82, 2.24) is 20.2 Å². The van der Waals surface area contributed by atoms with Crippen LogP contribution in [0.3, 0.4) is 0 Å². The number of thioether (sulfide) groups is 1. The number of benzene rings is 1. The topological polar surface area (TPSA) is 124 Å². The molecule has 0 aliphatic carbocycles. The number of nitrogens with two attached hydrogens (primary N) is 2. The fraction of sp³-hybridized carbons (Fsp3) is 0.250. The molecule has 0 saturated carbocycles. The molecule has 1 aromatic heterocycles. The maximum atomic E-state index is 12.8. The van der Waals surface area contributed by atoms with Crippen molar-refractivity contribution in [2.75, 3.05) is 23.6 Å². The number of nitrogens with one attached hydrogen (secondary N) is 2.